The van der Waals surface area contributed by atoms with Crippen LogP contribution >= 0.6 is 0 Å². The van der Waals surface area contributed by atoms with Crippen molar-refractivity contribution in [3.8, 4) is 0 Å². The highest BCUT2D eigenvalue weighted by atomic mass is 16.2. The number of rotatable bonds is 0. The van der Waals surface area contributed by atoms with Crippen LogP contribution in [0.3, 0.4) is 0 Å². The number of fused-ring (bicyclic) bond motifs is 1. The molecule has 1 heterocycles. The highest BCUT2D eigenvalue weighted by Crippen LogP contribution is 2.27. The molecule has 0 spiro atoms. The highest BCUT2D eigenvalue weighted by Gasteiger charge is 2.37. The molecule has 1 N–H and O–H groups in total. The lowest BCUT2D eigenvalue weighted by Crippen LogP contribution is -2.57. The molecule has 86 valence electrons. The first-order chi connectivity index (χ1) is 7.38. The van der Waals surface area contributed by atoms with Gasteiger partial charge in [0.05, 0.1) is 5.92 Å². The second-order valence-corrected chi connectivity index (χ2v) is 5.13. The maximum Gasteiger partial charge on any atom is 0.225 e. The maximum atomic E-state index is 11.4. The van der Waals surface area contributed by atoms with Crippen LogP contribution in [0.5, 0.6) is 0 Å². The average molecular weight is 209 g/mol. The summed E-state index contributed by atoms with van der Waals surface area (Å²) in [5.74, 6) is 0.682. The Morgan fingerprint density at radius 3 is 1.93 bits per heavy atom. The number of carbonyl (C=O) groups is 1. The molecule has 0 radical (unpaired) electrons. The lowest BCUT2D eigenvalue weighted by atomic mass is 9.82. The second-order valence-electron chi connectivity index (χ2n) is 5.13. The van der Waals surface area contributed by atoms with E-state index in [4.69, 9.17) is 0 Å². The van der Waals surface area contributed by atoms with E-state index in [-0.39, 0.29) is 0 Å². The van der Waals surface area contributed by atoms with E-state index in [0.29, 0.717) is 17.9 Å². The Balaban J connectivity index is 1.78. The minimum absolute atomic E-state index is 0.317. The summed E-state index contributed by atoms with van der Waals surface area (Å²) in [4.78, 5) is 11.4. The Labute approximate surface area is 92.8 Å². The fourth-order valence-electron chi connectivity index (χ4n) is 2.87. The molecule has 2 nitrogen and oxygen atoms in total. The van der Waals surface area contributed by atoms with Gasteiger partial charge in [-0.1, -0.05) is 51.4 Å². The lowest BCUT2D eigenvalue weighted by Gasteiger charge is -2.37. The van der Waals surface area contributed by atoms with Gasteiger partial charge in [0.2, 0.25) is 5.91 Å². The number of β-lactam (4-membered cyclic amide) rings is 1. The maximum absolute atomic E-state index is 11.4. The number of hydrogen-bond donors (Lipinski definition) is 1. The predicted octanol–water partition coefficient (Wildman–Crippen LogP) is 3.02. The molecule has 1 saturated carbocycles. The van der Waals surface area contributed by atoms with Gasteiger partial charge in [0.25, 0.3) is 0 Å². The smallest absolute Gasteiger partial charge is 0.225 e. The van der Waals surface area contributed by atoms with Crippen molar-refractivity contribution in [2.24, 2.45) is 5.92 Å². The monoisotopic (exact) mass is 209 g/mol. The van der Waals surface area contributed by atoms with Crippen LogP contribution in [0.4, 0.5) is 0 Å². The number of amides is 1. The minimum Gasteiger partial charge on any atom is -0.352 e. The molecule has 1 amide bonds. The highest BCUT2D eigenvalue weighted by molar-refractivity contribution is 5.85. The average Bonchev–Trinajstić information content (AvgIpc) is 2.22. The van der Waals surface area contributed by atoms with Crippen LogP contribution in [-0.2, 0) is 4.79 Å². The molecule has 0 aromatic carbocycles. The van der Waals surface area contributed by atoms with Gasteiger partial charge >= 0.3 is 0 Å². The first-order valence-electron chi connectivity index (χ1n) is 6.68. The van der Waals surface area contributed by atoms with Crippen molar-refractivity contribution in [2.45, 2.75) is 70.3 Å². The van der Waals surface area contributed by atoms with Gasteiger partial charge in [-0.25, -0.2) is 0 Å². The van der Waals surface area contributed by atoms with Crippen molar-refractivity contribution < 1.29 is 4.79 Å². The Hall–Kier alpha value is -0.530. The third kappa shape index (κ3) is 2.96. The zero-order valence-corrected chi connectivity index (χ0v) is 9.63. The largest absolute Gasteiger partial charge is 0.352 e. The fourth-order valence-corrected chi connectivity index (χ4v) is 2.87. The van der Waals surface area contributed by atoms with E-state index in [2.05, 4.69) is 5.32 Å². The van der Waals surface area contributed by atoms with Gasteiger partial charge < -0.3 is 5.32 Å². The summed E-state index contributed by atoms with van der Waals surface area (Å²) in [6.45, 7) is 0. The molecule has 2 fully saturated rings. The predicted molar refractivity (Wildman–Crippen MR) is 61.6 cm³/mol. The minimum atomic E-state index is 0.317. The first kappa shape index (κ1) is 11.0. The summed E-state index contributed by atoms with van der Waals surface area (Å²) < 4.78 is 0. The third-order valence-electron chi connectivity index (χ3n) is 3.93. The van der Waals surface area contributed by atoms with E-state index >= 15 is 0 Å². The molecule has 0 aromatic rings. The van der Waals surface area contributed by atoms with Crippen LogP contribution < -0.4 is 5.32 Å². The van der Waals surface area contributed by atoms with Crippen LogP contribution in [0, 0.1) is 5.92 Å². The summed E-state index contributed by atoms with van der Waals surface area (Å²) in [6.07, 6.45) is 13.2. The molecule has 1 saturated heterocycles. The summed E-state index contributed by atoms with van der Waals surface area (Å²) in [5.41, 5.74) is 0. The van der Waals surface area contributed by atoms with Gasteiger partial charge in [-0.2, -0.15) is 0 Å². The van der Waals surface area contributed by atoms with E-state index in [1.807, 2.05) is 0 Å². The van der Waals surface area contributed by atoms with Crippen LogP contribution in [0.1, 0.15) is 64.2 Å². The van der Waals surface area contributed by atoms with E-state index < -0.39 is 0 Å². The second kappa shape index (κ2) is 5.53. The molecule has 15 heavy (non-hydrogen) atoms. The molecule has 2 atom stereocenters. The van der Waals surface area contributed by atoms with Crippen LogP contribution in [-0.4, -0.2) is 11.9 Å². The summed E-state index contributed by atoms with van der Waals surface area (Å²) in [6, 6.07) is 0.525. The van der Waals surface area contributed by atoms with Crippen molar-refractivity contribution in [1.82, 2.24) is 5.32 Å². The zero-order valence-electron chi connectivity index (χ0n) is 9.63. The van der Waals surface area contributed by atoms with Gasteiger partial charge in [-0.05, 0) is 12.8 Å². The van der Waals surface area contributed by atoms with E-state index in [1.165, 1.54) is 57.8 Å². The van der Waals surface area contributed by atoms with Crippen LogP contribution in [0.2, 0.25) is 0 Å². The van der Waals surface area contributed by atoms with Crippen LogP contribution in [0.15, 0.2) is 0 Å². The standard InChI is InChI=1S/C13H23NO/c15-13-11-9-7-5-3-1-2-4-6-8-10-12(11)14-13/h11-12H,1-10H2,(H,14,15)/t11-,12?/m1/s1. The number of nitrogens with one attached hydrogen (secondary N) is 1. The third-order valence-corrected chi connectivity index (χ3v) is 3.93. The molecule has 0 bridgehead atoms. The molecule has 0 aromatic heterocycles. The Morgan fingerprint density at radius 2 is 1.33 bits per heavy atom. The molecule has 1 aliphatic carbocycles. The van der Waals surface area contributed by atoms with Crippen LogP contribution in [0.25, 0.3) is 0 Å². The van der Waals surface area contributed by atoms with Crippen molar-refractivity contribution >= 4 is 5.91 Å². The van der Waals surface area contributed by atoms with Crippen molar-refractivity contribution in [1.29, 1.82) is 0 Å². The van der Waals surface area contributed by atoms with E-state index in [1.54, 1.807) is 0 Å². The summed E-state index contributed by atoms with van der Waals surface area (Å²) >= 11 is 0. The Kier molecular flexibility index (Phi) is 4.04. The normalized spacial score (nSPS) is 34.0. The Morgan fingerprint density at radius 1 is 0.800 bits per heavy atom. The number of hydrogen-bond acceptors (Lipinski definition) is 1. The molecular formula is C13H23NO. The summed E-state index contributed by atoms with van der Waals surface area (Å²) in [5, 5.41) is 3.06. The topological polar surface area (TPSA) is 29.1 Å². The first-order valence-corrected chi connectivity index (χ1v) is 6.68. The van der Waals surface area contributed by atoms with E-state index in [0.717, 1.165) is 6.42 Å². The molecule has 1 unspecified atom stereocenters. The van der Waals surface area contributed by atoms with Crippen molar-refractivity contribution in [2.75, 3.05) is 0 Å². The quantitative estimate of drug-likeness (QED) is 0.610. The fraction of sp³-hybridized carbons (Fsp3) is 0.923. The molecule has 1 aliphatic heterocycles. The molecule has 2 aliphatic rings. The van der Waals surface area contributed by atoms with Crippen molar-refractivity contribution in [3.05, 3.63) is 0 Å². The SMILES string of the molecule is O=C1NC2CCCCCCCCCC[C@@H]12. The molecule has 2 rings (SSSR count). The number of carbonyl (C=O) groups excluding carboxylic acids is 1. The van der Waals surface area contributed by atoms with Gasteiger partial charge in [0.15, 0.2) is 0 Å². The summed E-state index contributed by atoms with van der Waals surface area (Å²) in [7, 11) is 0. The lowest BCUT2D eigenvalue weighted by molar-refractivity contribution is -0.135. The molecule has 2 heteroatoms. The van der Waals surface area contributed by atoms with E-state index in [9.17, 15) is 4.79 Å². The van der Waals surface area contributed by atoms with Gasteiger partial charge in [0.1, 0.15) is 0 Å². The van der Waals surface area contributed by atoms with Crippen molar-refractivity contribution in [3.63, 3.8) is 0 Å². The molecular weight excluding hydrogens is 186 g/mol. The zero-order chi connectivity index (χ0) is 10.5. The van der Waals surface area contributed by atoms with Gasteiger partial charge in [-0.15, -0.1) is 0 Å². The van der Waals surface area contributed by atoms with Gasteiger partial charge in [-0.3, -0.25) is 4.79 Å². The van der Waals surface area contributed by atoms with Gasteiger partial charge in [0, 0.05) is 6.04 Å². The Bertz CT molecular complexity index is 215.